The summed E-state index contributed by atoms with van der Waals surface area (Å²) in [6.07, 6.45) is 42.8. The molecule has 9 heteroatoms. The van der Waals surface area contributed by atoms with Gasteiger partial charge in [-0.25, -0.2) is 0 Å². The van der Waals surface area contributed by atoms with Gasteiger partial charge in [0.25, 0.3) is 0 Å². The second kappa shape index (κ2) is 38.4. The SMILES string of the molecule is CCC/C=C/C(O)C(COC1OC(CO)C(O)C(O)C1O)NC(=O)CCCCCCCCCCCCCCCCCC/C=C\C/C=C\C/C=C\CCCCCCC. The van der Waals surface area contributed by atoms with Crippen LogP contribution in [-0.2, 0) is 14.3 Å². The predicted molar refractivity (Wildman–Crippen MR) is 235 cm³/mol. The maximum atomic E-state index is 12.8. The van der Waals surface area contributed by atoms with E-state index in [2.05, 4.69) is 48.7 Å². The molecule has 7 atom stereocenters. The van der Waals surface area contributed by atoms with Crippen LogP contribution in [0.1, 0.15) is 194 Å². The van der Waals surface area contributed by atoms with E-state index in [-0.39, 0.29) is 12.5 Å². The summed E-state index contributed by atoms with van der Waals surface area (Å²) in [5, 5.41) is 53.4. The van der Waals surface area contributed by atoms with Gasteiger partial charge in [0.2, 0.25) is 5.91 Å². The molecule has 6 N–H and O–H groups in total. The lowest BCUT2D eigenvalue weighted by molar-refractivity contribution is -0.302. The number of carbonyl (C=O) groups is 1. The second-order valence-electron chi connectivity index (χ2n) is 16.2. The summed E-state index contributed by atoms with van der Waals surface area (Å²) in [4.78, 5) is 12.8. The van der Waals surface area contributed by atoms with Crippen LogP contribution in [0.15, 0.2) is 48.6 Å². The normalized spacial score (nSPS) is 21.4. The van der Waals surface area contributed by atoms with Crippen LogP contribution in [0.25, 0.3) is 0 Å². The summed E-state index contributed by atoms with van der Waals surface area (Å²) in [5.41, 5.74) is 0. The first-order valence-corrected chi connectivity index (χ1v) is 23.4. The van der Waals surface area contributed by atoms with Crippen molar-refractivity contribution in [1.82, 2.24) is 5.32 Å². The highest BCUT2D eigenvalue weighted by atomic mass is 16.7. The molecule has 1 amide bonds. The smallest absolute Gasteiger partial charge is 0.220 e. The van der Waals surface area contributed by atoms with E-state index in [9.17, 15) is 30.3 Å². The van der Waals surface area contributed by atoms with Gasteiger partial charge in [-0.05, 0) is 51.4 Å². The van der Waals surface area contributed by atoms with Crippen molar-refractivity contribution in [2.24, 2.45) is 0 Å². The Balaban J connectivity index is 2.00. The van der Waals surface area contributed by atoms with Crippen molar-refractivity contribution in [2.45, 2.75) is 236 Å². The fourth-order valence-electron chi connectivity index (χ4n) is 7.11. The third-order valence-corrected chi connectivity index (χ3v) is 10.9. The lowest BCUT2D eigenvalue weighted by Gasteiger charge is -2.40. The molecule has 0 aliphatic carbocycles. The zero-order valence-corrected chi connectivity index (χ0v) is 36.3. The highest BCUT2D eigenvalue weighted by Gasteiger charge is 2.44. The van der Waals surface area contributed by atoms with Crippen molar-refractivity contribution >= 4 is 5.91 Å². The van der Waals surface area contributed by atoms with Crippen LogP contribution in [0.2, 0.25) is 0 Å². The maximum absolute atomic E-state index is 12.8. The van der Waals surface area contributed by atoms with E-state index >= 15 is 0 Å². The first-order valence-electron chi connectivity index (χ1n) is 23.4. The standard InChI is InChI=1S/C48H87NO8/c1-3-5-7-8-9-10-11-12-13-14-15-16-17-18-19-20-21-22-23-24-25-26-27-28-29-30-31-32-33-34-36-38-44(52)49-41(42(51)37-35-6-4-2)40-56-48-47(55)46(54)45(53)43(39-50)57-48/h11-12,14-15,17-18,35,37,41-43,45-48,50-51,53-55H,3-10,13,16,19-34,36,38-40H2,1-2H3,(H,49,52)/b12-11-,15-14-,18-17-,37-35+. The molecular formula is C48H87NO8. The predicted octanol–water partition coefficient (Wildman–Crippen LogP) is 9.84. The van der Waals surface area contributed by atoms with Gasteiger partial charge in [0.15, 0.2) is 6.29 Å². The van der Waals surface area contributed by atoms with Gasteiger partial charge in [-0.3, -0.25) is 4.79 Å². The van der Waals surface area contributed by atoms with E-state index in [0.29, 0.717) is 6.42 Å². The Hall–Kier alpha value is -1.85. The highest BCUT2D eigenvalue weighted by Crippen LogP contribution is 2.22. The Morgan fingerprint density at radius 2 is 1.07 bits per heavy atom. The number of amides is 1. The Labute approximate surface area is 348 Å². The molecule has 0 spiro atoms. The summed E-state index contributed by atoms with van der Waals surface area (Å²) in [5.74, 6) is -0.190. The molecule has 1 heterocycles. The fourth-order valence-corrected chi connectivity index (χ4v) is 7.11. The number of aliphatic hydroxyl groups is 5. The minimum Gasteiger partial charge on any atom is -0.394 e. The number of hydrogen-bond acceptors (Lipinski definition) is 8. The van der Waals surface area contributed by atoms with Crippen LogP contribution >= 0.6 is 0 Å². The van der Waals surface area contributed by atoms with Gasteiger partial charge in [0.1, 0.15) is 24.4 Å². The number of rotatable bonds is 38. The molecule has 0 radical (unpaired) electrons. The number of carbonyl (C=O) groups excluding carboxylic acids is 1. The average molecular weight is 806 g/mol. The van der Waals surface area contributed by atoms with Gasteiger partial charge < -0.3 is 40.3 Å². The molecule has 1 rings (SSSR count). The monoisotopic (exact) mass is 806 g/mol. The van der Waals surface area contributed by atoms with Crippen molar-refractivity contribution in [1.29, 1.82) is 0 Å². The largest absolute Gasteiger partial charge is 0.394 e. The molecule has 1 fully saturated rings. The highest BCUT2D eigenvalue weighted by molar-refractivity contribution is 5.76. The Morgan fingerprint density at radius 3 is 1.56 bits per heavy atom. The summed E-state index contributed by atoms with van der Waals surface area (Å²) >= 11 is 0. The number of allylic oxidation sites excluding steroid dienone is 7. The molecule has 0 aromatic carbocycles. The Kier molecular flexibility index (Phi) is 35.8. The van der Waals surface area contributed by atoms with Crippen molar-refractivity contribution in [3.05, 3.63) is 48.6 Å². The van der Waals surface area contributed by atoms with Gasteiger partial charge >= 0.3 is 0 Å². The number of unbranched alkanes of at least 4 members (excludes halogenated alkanes) is 22. The van der Waals surface area contributed by atoms with Gasteiger partial charge in [-0.1, -0.05) is 184 Å². The molecule has 0 bridgehead atoms. The Morgan fingerprint density at radius 1 is 0.596 bits per heavy atom. The number of ether oxygens (including phenoxy) is 2. The van der Waals surface area contributed by atoms with E-state index in [0.717, 1.165) is 44.9 Å². The molecule has 0 aromatic heterocycles. The van der Waals surface area contributed by atoms with Crippen molar-refractivity contribution in [2.75, 3.05) is 13.2 Å². The third-order valence-electron chi connectivity index (χ3n) is 10.9. The average Bonchev–Trinajstić information content (AvgIpc) is 3.21. The maximum Gasteiger partial charge on any atom is 0.220 e. The first kappa shape index (κ1) is 53.2. The zero-order valence-electron chi connectivity index (χ0n) is 36.3. The lowest BCUT2D eigenvalue weighted by atomic mass is 9.99. The van der Waals surface area contributed by atoms with Crippen LogP contribution < -0.4 is 5.32 Å². The van der Waals surface area contributed by atoms with E-state index in [4.69, 9.17) is 9.47 Å². The molecule has 1 aliphatic heterocycles. The fraction of sp³-hybridized carbons (Fsp3) is 0.812. The molecule has 9 nitrogen and oxygen atoms in total. The number of nitrogens with one attached hydrogen (secondary N) is 1. The minimum atomic E-state index is -1.56. The summed E-state index contributed by atoms with van der Waals surface area (Å²) in [6, 6.07) is -0.800. The van der Waals surface area contributed by atoms with Gasteiger partial charge in [0, 0.05) is 6.42 Å². The van der Waals surface area contributed by atoms with Crippen LogP contribution in [0, 0.1) is 0 Å². The van der Waals surface area contributed by atoms with E-state index < -0.39 is 49.5 Å². The van der Waals surface area contributed by atoms with E-state index in [1.54, 1.807) is 6.08 Å². The zero-order chi connectivity index (χ0) is 41.6. The van der Waals surface area contributed by atoms with Crippen LogP contribution in [0.3, 0.4) is 0 Å². The van der Waals surface area contributed by atoms with Crippen molar-refractivity contribution < 1.29 is 39.8 Å². The molecule has 0 saturated carbocycles. The minimum absolute atomic E-state index is 0.190. The van der Waals surface area contributed by atoms with Gasteiger partial charge in [0.05, 0.1) is 25.4 Å². The van der Waals surface area contributed by atoms with Gasteiger partial charge in [-0.15, -0.1) is 0 Å². The summed E-state index contributed by atoms with van der Waals surface area (Å²) < 4.78 is 11.0. The molecule has 0 aromatic rings. The third kappa shape index (κ3) is 29.1. The van der Waals surface area contributed by atoms with Crippen molar-refractivity contribution in [3.8, 4) is 0 Å². The summed E-state index contributed by atoms with van der Waals surface area (Å²) in [7, 11) is 0. The van der Waals surface area contributed by atoms with E-state index in [1.807, 2.05) is 13.0 Å². The molecule has 1 saturated heterocycles. The second-order valence-corrected chi connectivity index (χ2v) is 16.2. The van der Waals surface area contributed by atoms with Crippen LogP contribution in [-0.4, -0.2) is 87.5 Å². The quantitative estimate of drug-likeness (QED) is 0.0267. The van der Waals surface area contributed by atoms with E-state index in [1.165, 1.54) is 128 Å². The topological polar surface area (TPSA) is 149 Å². The van der Waals surface area contributed by atoms with Crippen molar-refractivity contribution in [3.63, 3.8) is 0 Å². The molecule has 332 valence electrons. The molecular weight excluding hydrogens is 719 g/mol. The summed E-state index contributed by atoms with van der Waals surface area (Å²) in [6.45, 7) is 3.54. The number of hydrogen-bond donors (Lipinski definition) is 6. The molecule has 57 heavy (non-hydrogen) atoms. The van der Waals surface area contributed by atoms with Crippen LogP contribution in [0.5, 0.6) is 0 Å². The lowest BCUT2D eigenvalue weighted by Crippen LogP contribution is -2.60. The van der Waals surface area contributed by atoms with Gasteiger partial charge in [-0.2, -0.15) is 0 Å². The van der Waals surface area contributed by atoms with Crippen LogP contribution in [0.4, 0.5) is 0 Å². The molecule has 7 unspecified atom stereocenters. The first-order chi connectivity index (χ1) is 27.8. The molecule has 1 aliphatic rings. The number of aliphatic hydroxyl groups excluding tert-OH is 5. The Bertz CT molecular complexity index is 1030.